The van der Waals surface area contributed by atoms with Gasteiger partial charge >= 0.3 is 0 Å². The van der Waals surface area contributed by atoms with Gasteiger partial charge in [-0.25, -0.2) is 8.42 Å². The molecule has 108 valence electrons. The molecule has 1 rings (SSSR count). The molecule has 0 saturated heterocycles. The number of hydrogen-bond donors (Lipinski definition) is 0. The van der Waals surface area contributed by atoms with Crippen LogP contribution in [0.3, 0.4) is 0 Å². The molecule has 0 aromatic heterocycles. The third-order valence-corrected chi connectivity index (χ3v) is 6.14. The Morgan fingerprint density at radius 3 is 2.44 bits per heavy atom. The van der Waals surface area contributed by atoms with Crippen LogP contribution < -0.4 is 0 Å². The lowest BCUT2D eigenvalue weighted by Gasteiger charge is -2.29. The number of methoxy groups -OCH3 is 1. The van der Waals surface area contributed by atoms with Crippen molar-refractivity contribution in [1.82, 2.24) is 4.31 Å². The van der Waals surface area contributed by atoms with E-state index < -0.39 is 10.0 Å². The van der Waals surface area contributed by atoms with E-state index in [1.165, 1.54) is 0 Å². The predicted octanol–water partition coefficient (Wildman–Crippen LogP) is 1.94. The van der Waals surface area contributed by atoms with Gasteiger partial charge in [-0.2, -0.15) is 4.31 Å². The number of rotatable bonds is 9. The van der Waals surface area contributed by atoms with Crippen molar-refractivity contribution in [2.75, 3.05) is 31.9 Å². The minimum absolute atomic E-state index is 0.0203. The van der Waals surface area contributed by atoms with Crippen molar-refractivity contribution >= 4 is 21.6 Å². The fraction of sp³-hybridized carbons (Fsp3) is 1.00. The fourth-order valence-corrected chi connectivity index (χ4v) is 4.39. The summed E-state index contributed by atoms with van der Waals surface area (Å²) in [5.41, 5.74) is 0. The number of sulfonamides is 1. The number of nitrogens with zero attached hydrogens (tertiary/aromatic N) is 1. The van der Waals surface area contributed by atoms with Crippen molar-refractivity contribution in [1.29, 1.82) is 0 Å². The zero-order valence-corrected chi connectivity index (χ0v) is 13.0. The van der Waals surface area contributed by atoms with Gasteiger partial charge in [0, 0.05) is 25.6 Å². The molecule has 18 heavy (non-hydrogen) atoms. The van der Waals surface area contributed by atoms with Gasteiger partial charge in [-0.15, -0.1) is 11.6 Å². The number of halogens is 1. The molecule has 2 unspecified atom stereocenters. The Morgan fingerprint density at radius 2 is 2.00 bits per heavy atom. The lowest BCUT2D eigenvalue weighted by molar-refractivity contribution is 0.164. The van der Waals surface area contributed by atoms with Crippen molar-refractivity contribution in [2.45, 2.75) is 32.7 Å². The Bertz CT molecular complexity index is 343. The second-order valence-electron chi connectivity index (χ2n) is 5.22. The first-order chi connectivity index (χ1) is 8.42. The van der Waals surface area contributed by atoms with E-state index in [0.717, 1.165) is 12.8 Å². The number of ether oxygens (including phenoxy) is 1. The zero-order chi connectivity index (χ0) is 13.8. The van der Waals surface area contributed by atoms with Crippen LogP contribution in [-0.2, 0) is 14.8 Å². The second kappa shape index (κ2) is 7.08. The summed E-state index contributed by atoms with van der Waals surface area (Å²) in [4.78, 5) is 0. The first kappa shape index (κ1) is 16.2. The molecule has 2 atom stereocenters. The highest BCUT2D eigenvalue weighted by Crippen LogP contribution is 2.36. The van der Waals surface area contributed by atoms with Gasteiger partial charge in [0.15, 0.2) is 0 Å². The third-order valence-electron chi connectivity index (χ3n) is 3.39. The summed E-state index contributed by atoms with van der Waals surface area (Å²) in [7, 11) is -1.65. The van der Waals surface area contributed by atoms with Gasteiger partial charge in [0.1, 0.15) is 0 Å². The van der Waals surface area contributed by atoms with E-state index >= 15 is 0 Å². The maximum absolute atomic E-state index is 12.4. The van der Waals surface area contributed by atoms with E-state index in [4.69, 9.17) is 16.3 Å². The Labute approximate surface area is 116 Å². The normalized spacial score (nSPS) is 20.1. The van der Waals surface area contributed by atoms with E-state index in [1.807, 2.05) is 13.8 Å². The third kappa shape index (κ3) is 4.68. The van der Waals surface area contributed by atoms with Crippen molar-refractivity contribution in [3.63, 3.8) is 0 Å². The van der Waals surface area contributed by atoms with Gasteiger partial charge in [0.05, 0.1) is 12.4 Å². The van der Waals surface area contributed by atoms with Gasteiger partial charge in [-0.3, -0.25) is 0 Å². The monoisotopic (exact) mass is 297 g/mol. The molecule has 0 bridgehead atoms. The second-order valence-corrected chi connectivity index (χ2v) is 7.49. The molecular weight excluding hydrogens is 274 g/mol. The summed E-state index contributed by atoms with van der Waals surface area (Å²) in [5.74, 6) is 0.989. The lowest BCUT2D eigenvalue weighted by Crippen LogP contribution is -2.44. The van der Waals surface area contributed by atoms with Crippen LogP contribution in [-0.4, -0.2) is 50.7 Å². The summed E-state index contributed by atoms with van der Waals surface area (Å²) < 4.78 is 31.4. The van der Waals surface area contributed by atoms with E-state index in [1.54, 1.807) is 11.4 Å². The van der Waals surface area contributed by atoms with Crippen LogP contribution >= 0.6 is 11.6 Å². The van der Waals surface area contributed by atoms with Crippen LogP contribution in [0.25, 0.3) is 0 Å². The molecule has 0 spiro atoms. The van der Waals surface area contributed by atoms with Gasteiger partial charge in [0.2, 0.25) is 10.0 Å². The zero-order valence-electron chi connectivity index (χ0n) is 11.4. The smallest absolute Gasteiger partial charge is 0.214 e. The highest BCUT2D eigenvalue weighted by Gasteiger charge is 2.37. The number of alkyl halides is 1. The SMILES string of the molecule is COCCN(C(C)C1CC1)S(=O)(=O)CC(C)CCl. The van der Waals surface area contributed by atoms with Crippen molar-refractivity contribution in [3.05, 3.63) is 0 Å². The molecule has 0 aromatic rings. The standard InChI is InChI=1S/C12H24ClNO3S/c1-10(8-13)9-18(15,16)14(6-7-17-3)11(2)12-4-5-12/h10-12H,4-9H2,1-3H3. The first-order valence-electron chi connectivity index (χ1n) is 6.46. The summed E-state index contributed by atoms with van der Waals surface area (Å²) in [6.45, 7) is 4.73. The molecule has 0 radical (unpaired) electrons. The molecule has 4 nitrogen and oxygen atoms in total. The summed E-state index contributed by atoms with van der Waals surface area (Å²) in [5, 5.41) is 0. The summed E-state index contributed by atoms with van der Waals surface area (Å²) in [6.07, 6.45) is 2.26. The summed E-state index contributed by atoms with van der Waals surface area (Å²) in [6, 6.07) is 0.0766. The minimum Gasteiger partial charge on any atom is -0.383 e. The van der Waals surface area contributed by atoms with E-state index in [-0.39, 0.29) is 17.7 Å². The van der Waals surface area contributed by atoms with Crippen LogP contribution in [0.2, 0.25) is 0 Å². The van der Waals surface area contributed by atoms with Crippen molar-refractivity contribution in [3.8, 4) is 0 Å². The van der Waals surface area contributed by atoms with Crippen LogP contribution in [0, 0.1) is 11.8 Å². The Hall–Kier alpha value is 0.160. The molecule has 6 heteroatoms. The maximum Gasteiger partial charge on any atom is 0.214 e. The van der Waals surface area contributed by atoms with Gasteiger partial charge in [0.25, 0.3) is 0 Å². The number of hydrogen-bond acceptors (Lipinski definition) is 3. The van der Waals surface area contributed by atoms with Gasteiger partial charge < -0.3 is 4.74 Å². The van der Waals surface area contributed by atoms with Crippen molar-refractivity contribution in [2.24, 2.45) is 11.8 Å². The molecule has 1 aliphatic carbocycles. The molecular formula is C12H24ClNO3S. The quantitative estimate of drug-likeness (QED) is 0.611. The largest absolute Gasteiger partial charge is 0.383 e. The lowest BCUT2D eigenvalue weighted by atomic mass is 10.2. The molecule has 1 aliphatic rings. The predicted molar refractivity (Wildman–Crippen MR) is 74.4 cm³/mol. The molecule has 0 heterocycles. The highest BCUT2D eigenvalue weighted by molar-refractivity contribution is 7.89. The topological polar surface area (TPSA) is 46.6 Å². The fourth-order valence-electron chi connectivity index (χ4n) is 2.09. The Balaban J connectivity index is 2.72. The minimum atomic E-state index is -3.24. The van der Waals surface area contributed by atoms with E-state index in [9.17, 15) is 8.42 Å². The van der Waals surface area contributed by atoms with Gasteiger partial charge in [-0.1, -0.05) is 6.92 Å². The van der Waals surface area contributed by atoms with Crippen LogP contribution in [0.4, 0.5) is 0 Å². The molecule has 1 fully saturated rings. The van der Waals surface area contributed by atoms with Crippen molar-refractivity contribution < 1.29 is 13.2 Å². The Kier molecular flexibility index (Phi) is 6.38. The first-order valence-corrected chi connectivity index (χ1v) is 8.61. The molecule has 0 N–H and O–H groups in total. The Morgan fingerprint density at radius 1 is 1.39 bits per heavy atom. The average molecular weight is 298 g/mol. The van der Waals surface area contributed by atoms with Crippen LogP contribution in [0.5, 0.6) is 0 Å². The van der Waals surface area contributed by atoms with Crippen LogP contribution in [0.15, 0.2) is 0 Å². The molecule has 0 aliphatic heterocycles. The maximum atomic E-state index is 12.4. The molecule has 0 aromatic carbocycles. The van der Waals surface area contributed by atoms with Gasteiger partial charge in [-0.05, 0) is 31.6 Å². The molecule has 0 amide bonds. The molecule has 1 saturated carbocycles. The average Bonchev–Trinajstić information content (AvgIpc) is 3.11. The van der Waals surface area contributed by atoms with E-state index in [2.05, 4.69) is 0 Å². The highest BCUT2D eigenvalue weighted by atomic mass is 35.5. The summed E-state index contributed by atoms with van der Waals surface area (Å²) >= 11 is 5.71. The van der Waals surface area contributed by atoms with E-state index in [0.29, 0.717) is 24.9 Å². The van der Waals surface area contributed by atoms with Crippen LogP contribution in [0.1, 0.15) is 26.7 Å².